The molecule has 0 spiro atoms. The molecule has 0 saturated carbocycles. The molecule has 3 rings (SSSR count). The lowest BCUT2D eigenvalue weighted by atomic mass is 10.2. The lowest BCUT2D eigenvalue weighted by Gasteiger charge is -2.20. The Labute approximate surface area is 172 Å². The molecule has 9 heteroatoms. The van der Waals surface area contributed by atoms with Crippen molar-refractivity contribution in [3.8, 4) is 0 Å². The summed E-state index contributed by atoms with van der Waals surface area (Å²) in [6.45, 7) is 0. The molecule has 0 unspecified atom stereocenters. The number of hydrogen-bond acceptors (Lipinski definition) is 4. The number of aromatic nitrogens is 1. The van der Waals surface area contributed by atoms with Crippen molar-refractivity contribution in [2.75, 3.05) is 16.7 Å². The largest absolute Gasteiger partial charge is 0.321 e. The topological polar surface area (TPSA) is 79.4 Å². The van der Waals surface area contributed by atoms with Crippen LogP contribution in [0.15, 0.2) is 71.9 Å². The van der Waals surface area contributed by atoms with Gasteiger partial charge in [0.25, 0.3) is 15.9 Å². The number of hydrogen-bond donors (Lipinski definition) is 1. The van der Waals surface area contributed by atoms with Gasteiger partial charge in [0.05, 0.1) is 33.1 Å². The van der Waals surface area contributed by atoms with Crippen molar-refractivity contribution < 1.29 is 13.2 Å². The van der Waals surface area contributed by atoms with Crippen LogP contribution in [0.1, 0.15) is 10.4 Å². The molecule has 0 aliphatic heterocycles. The summed E-state index contributed by atoms with van der Waals surface area (Å²) in [6, 6.07) is 13.6. The SMILES string of the molecule is CN(c1ccc(Cl)c(C(=O)Nc2cccnc2)c1)S(=O)(=O)c1ccc(Cl)cc1. The van der Waals surface area contributed by atoms with Gasteiger partial charge in [-0.05, 0) is 54.6 Å². The van der Waals surface area contributed by atoms with E-state index < -0.39 is 15.9 Å². The van der Waals surface area contributed by atoms with Gasteiger partial charge in [-0.15, -0.1) is 0 Å². The molecule has 28 heavy (non-hydrogen) atoms. The van der Waals surface area contributed by atoms with Crippen LogP contribution in [0.3, 0.4) is 0 Å². The van der Waals surface area contributed by atoms with E-state index in [9.17, 15) is 13.2 Å². The van der Waals surface area contributed by atoms with Gasteiger partial charge in [-0.1, -0.05) is 23.2 Å². The quantitative estimate of drug-likeness (QED) is 0.640. The Hall–Kier alpha value is -2.61. The molecular formula is C19H15Cl2N3O3S. The monoisotopic (exact) mass is 435 g/mol. The van der Waals surface area contributed by atoms with E-state index in [1.54, 1.807) is 18.3 Å². The summed E-state index contributed by atoms with van der Waals surface area (Å²) in [6.07, 6.45) is 3.08. The molecule has 6 nitrogen and oxygen atoms in total. The number of nitrogens with one attached hydrogen (secondary N) is 1. The summed E-state index contributed by atoms with van der Waals surface area (Å²) in [4.78, 5) is 16.6. The normalized spacial score (nSPS) is 11.1. The summed E-state index contributed by atoms with van der Waals surface area (Å²) in [5.41, 5.74) is 0.924. The zero-order chi connectivity index (χ0) is 20.3. The van der Waals surface area contributed by atoms with Gasteiger partial charge in [0, 0.05) is 18.3 Å². The summed E-state index contributed by atoms with van der Waals surface area (Å²) >= 11 is 12.0. The second-order valence-corrected chi connectivity index (χ2v) is 8.60. The first kappa shape index (κ1) is 20.1. The molecule has 1 heterocycles. The average Bonchev–Trinajstić information content (AvgIpc) is 2.69. The maximum atomic E-state index is 12.8. The third-order valence-corrected chi connectivity index (χ3v) is 6.33. The molecule has 0 atom stereocenters. The molecule has 0 bridgehead atoms. The van der Waals surface area contributed by atoms with Gasteiger partial charge in [-0.2, -0.15) is 0 Å². The number of nitrogens with zero attached hydrogens (tertiary/aromatic N) is 2. The summed E-state index contributed by atoms with van der Waals surface area (Å²) in [7, 11) is -2.43. The van der Waals surface area contributed by atoms with Crippen LogP contribution in [-0.2, 0) is 10.0 Å². The van der Waals surface area contributed by atoms with Crippen LogP contribution in [0.2, 0.25) is 10.0 Å². The van der Waals surface area contributed by atoms with Crippen LogP contribution in [0.5, 0.6) is 0 Å². The highest BCUT2D eigenvalue weighted by Crippen LogP contribution is 2.28. The second-order valence-electron chi connectivity index (χ2n) is 5.79. The predicted octanol–water partition coefficient (Wildman–Crippen LogP) is 4.47. The van der Waals surface area contributed by atoms with E-state index in [1.165, 1.54) is 55.7 Å². The van der Waals surface area contributed by atoms with Crippen LogP contribution in [0.4, 0.5) is 11.4 Å². The first-order valence-corrected chi connectivity index (χ1v) is 10.2. The molecule has 0 fully saturated rings. The van der Waals surface area contributed by atoms with Crippen molar-refractivity contribution in [2.24, 2.45) is 0 Å². The molecular weight excluding hydrogens is 421 g/mol. The predicted molar refractivity (Wildman–Crippen MR) is 111 cm³/mol. The molecule has 0 radical (unpaired) electrons. The summed E-state index contributed by atoms with van der Waals surface area (Å²) < 4.78 is 26.8. The van der Waals surface area contributed by atoms with E-state index in [2.05, 4.69) is 10.3 Å². The van der Waals surface area contributed by atoms with E-state index in [0.29, 0.717) is 10.7 Å². The van der Waals surface area contributed by atoms with Crippen molar-refractivity contribution in [3.05, 3.63) is 82.6 Å². The lowest BCUT2D eigenvalue weighted by Crippen LogP contribution is -2.27. The molecule has 0 saturated heterocycles. The molecule has 1 aromatic heterocycles. The van der Waals surface area contributed by atoms with Gasteiger partial charge in [-0.3, -0.25) is 14.1 Å². The van der Waals surface area contributed by atoms with Crippen LogP contribution < -0.4 is 9.62 Å². The van der Waals surface area contributed by atoms with E-state index in [1.807, 2.05) is 0 Å². The number of pyridine rings is 1. The van der Waals surface area contributed by atoms with Gasteiger partial charge in [-0.25, -0.2) is 8.42 Å². The number of carbonyl (C=O) groups excluding carboxylic acids is 1. The lowest BCUT2D eigenvalue weighted by molar-refractivity contribution is 0.102. The van der Waals surface area contributed by atoms with Crippen molar-refractivity contribution in [1.82, 2.24) is 4.98 Å². The Morgan fingerprint density at radius 2 is 1.79 bits per heavy atom. The van der Waals surface area contributed by atoms with E-state index in [0.717, 1.165) is 4.31 Å². The van der Waals surface area contributed by atoms with Crippen molar-refractivity contribution >= 4 is 50.5 Å². The highest BCUT2D eigenvalue weighted by molar-refractivity contribution is 7.92. The van der Waals surface area contributed by atoms with Gasteiger partial charge in [0.2, 0.25) is 0 Å². The molecule has 2 aromatic carbocycles. The number of amides is 1. The minimum Gasteiger partial charge on any atom is -0.321 e. The van der Waals surface area contributed by atoms with Crippen molar-refractivity contribution in [3.63, 3.8) is 0 Å². The Morgan fingerprint density at radius 1 is 1.07 bits per heavy atom. The number of sulfonamides is 1. The second kappa shape index (κ2) is 8.18. The van der Waals surface area contributed by atoms with Gasteiger partial charge >= 0.3 is 0 Å². The van der Waals surface area contributed by atoms with E-state index in [4.69, 9.17) is 23.2 Å². The third kappa shape index (κ3) is 4.27. The number of rotatable bonds is 5. The third-order valence-electron chi connectivity index (χ3n) is 3.95. The fraction of sp³-hybridized carbons (Fsp3) is 0.0526. The van der Waals surface area contributed by atoms with Crippen LogP contribution in [0, 0.1) is 0 Å². The number of halogens is 2. The van der Waals surface area contributed by atoms with Crippen LogP contribution in [-0.4, -0.2) is 26.4 Å². The van der Waals surface area contributed by atoms with E-state index in [-0.39, 0.29) is 21.2 Å². The van der Waals surface area contributed by atoms with Crippen LogP contribution in [0.25, 0.3) is 0 Å². The summed E-state index contributed by atoms with van der Waals surface area (Å²) in [5.74, 6) is -0.475. The Balaban J connectivity index is 1.91. The number of benzene rings is 2. The van der Waals surface area contributed by atoms with Crippen molar-refractivity contribution in [2.45, 2.75) is 4.90 Å². The fourth-order valence-electron chi connectivity index (χ4n) is 2.42. The molecule has 1 N–H and O–H groups in total. The Bertz CT molecular complexity index is 1110. The van der Waals surface area contributed by atoms with Gasteiger partial charge in [0.15, 0.2) is 0 Å². The zero-order valence-electron chi connectivity index (χ0n) is 14.6. The Morgan fingerprint density at radius 3 is 2.43 bits per heavy atom. The van der Waals surface area contributed by atoms with E-state index >= 15 is 0 Å². The Kier molecular flexibility index (Phi) is 5.88. The molecule has 3 aromatic rings. The standard InChI is InChI=1S/C19H15Cl2N3O3S/c1-24(28(26,27)16-7-4-13(20)5-8-16)15-6-9-18(21)17(11-15)19(25)23-14-3-2-10-22-12-14/h2-12H,1H3,(H,23,25). The molecule has 0 aliphatic rings. The first-order chi connectivity index (χ1) is 13.3. The number of anilines is 2. The smallest absolute Gasteiger partial charge is 0.264 e. The van der Waals surface area contributed by atoms with Gasteiger partial charge < -0.3 is 5.32 Å². The molecule has 144 valence electrons. The minimum atomic E-state index is -3.83. The zero-order valence-corrected chi connectivity index (χ0v) is 17.0. The minimum absolute atomic E-state index is 0.0794. The maximum Gasteiger partial charge on any atom is 0.264 e. The van der Waals surface area contributed by atoms with Gasteiger partial charge in [0.1, 0.15) is 0 Å². The first-order valence-electron chi connectivity index (χ1n) is 8.04. The molecule has 0 aliphatic carbocycles. The number of carbonyl (C=O) groups is 1. The highest BCUT2D eigenvalue weighted by Gasteiger charge is 2.23. The maximum absolute atomic E-state index is 12.8. The highest BCUT2D eigenvalue weighted by atomic mass is 35.5. The average molecular weight is 436 g/mol. The molecule has 1 amide bonds. The van der Waals surface area contributed by atoms with Crippen molar-refractivity contribution in [1.29, 1.82) is 0 Å². The fourth-order valence-corrected chi connectivity index (χ4v) is 3.94. The summed E-state index contributed by atoms with van der Waals surface area (Å²) in [5, 5.41) is 3.30. The van der Waals surface area contributed by atoms with Crippen LogP contribution >= 0.6 is 23.2 Å².